The topological polar surface area (TPSA) is 128 Å². The number of likely N-dealkylation sites (tertiary alicyclic amines) is 1. The number of hydrogen-bond donors (Lipinski definition) is 3. The summed E-state index contributed by atoms with van der Waals surface area (Å²) in [7, 11) is 0. The first kappa shape index (κ1) is 19.4. The van der Waals surface area contributed by atoms with Crippen LogP contribution in [0.2, 0.25) is 0 Å². The number of aryl methyl sites for hydroxylation is 1. The van der Waals surface area contributed by atoms with Crippen molar-refractivity contribution >= 4 is 16.9 Å². The van der Waals surface area contributed by atoms with Gasteiger partial charge < -0.3 is 24.5 Å². The number of fused-ring (bicyclic) bond motifs is 1. The van der Waals surface area contributed by atoms with Crippen molar-refractivity contribution in [3.8, 4) is 0 Å². The number of β-amino-alcohol motifs (C(OH)–C–C–N with tert-alkyl or cyclic N) is 1. The van der Waals surface area contributed by atoms with Crippen LogP contribution in [-0.2, 0) is 16.8 Å². The van der Waals surface area contributed by atoms with Gasteiger partial charge in [0.1, 0.15) is 0 Å². The number of aromatic nitrogens is 4. The number of aromatic amines is 2. The summed E-state index contributed by atoms with van der Waals surface area (Å²) >= 11 is 0. The van der Waals surface area contributed by atoms with Gasteiger partial charge in [0.15, 0.2) is 11.4 Å². The molecule has 29 heavy (non-hydrogen) atoms. The zero-order valence-corrected chi connectivity index (χ0v) is 16.6. The summed E-state index contributed by atoms with van der Waals surface area (Å²) in [5.74, 6) is 0.850. The molecule has 1 saturated heterocycles. The number of rotatable bonds is 6. The molecule has 4 rings (SSSR count). The number of benzene rings is 1. The minimum absolute atomic E-state index is 0.000604. The summed E-state index contributed by atoms with van der Waals surface area (Å²) in [5.41, 5.74) is 1.10. The monoisotopic (exact) mass is 399 g/mol. The standard InChI is InChI=1S/C20H25N5O4/c1-12(2)17-23-18(29-24-17)20(28)8-9-25(11-20)16(26)5-3-4-13-6-7-14-15(10-13)22-19(27)21-14/h6-7,10,12,28H,3-5,8-9,11H2,1-2H3,(H2,21,22,27). The van der Waals surface area contributed by atoms with Crippen molar-refractivity contribution in [1.82, 2.24) is 25.0 Å². The van der Waals surface area contributed by atoms with Crippen molar-refractivity contribution in [2.75, 3.05) is 13.1 Å². The lowest BCUT2D eigenvalue weighted by Crippen LogP contribution is -2.34. The SMILES string of the molecule is CC(C)c1noc(C2(O)CCN(C(=O)CCCc3ccc4[nH]c(=O)[nH]c4c3)C2)n1. The summed E-state index contributed by atoms with van der Waals surface area (Å²) in [6.07, 6.45) is 2.19. The molecule has 154 valence electrons. The van der Waals surface area contributed by atoms with E-state index in [2.05, 4.69) is 20.1 Å². The van der Waals surface area contributed by atoms with Gasteiger partial charge in [-0.2, -0.15) is 4.98 Å². The summed E-state index contributed by atoms with van der Waals surface area (Å²) in [6.45, 7) is 4.54. The second-order valence-electron chi connectivity index (χ2n) is 8.02. The number of nitrogens with zero attached hydrogens (tertiary/aromatic N) is 3. The van der Waals surface area contributed by atoms with Gasteiger partial charge >= 0.3 is 5.69 Å². The average Bonchev–Trinajstić information content (AvgIpc) is 3.39. The molecule has 9 heteroatoms. The van der Waals surface area contributed by atoms with Crippen LogP contribution in [0.15, 0.2) is 27.5 Å². The normalized spacial score (nSPS) is 19.5. The molecule has 0 bridgehead atoms. The lowest BCUT2D eigenvalue weighted by atomic mass is 10.0. The number of hydrogen-bond acceptors (Lipinski definition) is 6. The van der Waals surface area contributed by atoms with Gasteiger partial charge in [-0.05, 0) is 30.5 Å². The third kappa shape index (κ3) is 3.95. The summed E-state index contributed by atoms with van der Waals surface area (Å²) < 4.78 is 5.24. The predicted molar refractivity (Wildman–Crippen MR) is 105 cm³/mol. The van der Waals surface area contributed by atoms with E-state index in [1.165, 1.54) is 0 Å². The molecule has 1 fully saturated rings. The highest BCUT2D eigenvalue weighted by Crippen LogP contribution is 2.32. The molecule has 9 nitrogen and oxygen atoms in total. The maximum absolute atomic E-state index is 12.6. The predicted octanol–water partition coefficient (Wildman–Crippen LogP) is 1.81. The maximum Gasteiger partial charge on any atom is 0.323 e. The smallest absolute Gasteiger partial charge is 0.323 e. The molecule has 2 aromatic heterocycles. The van der Waals surface area contributed by atoms with Gasteiger partial charge in [0.2, 0.25) is 5.91 Å². The van der Waals surface area contributed by atoms with Crippen molar-refractivity contribution in [2.24, 2.45) is 0 Å². The molecule has 0 aliphatic carbocycles. The fourth-order valence-electron chi connectivity index (χ4n) is 3.68. The van der Waals surface area contributed by atoms with Crippen LogP contribution in [0.5, 0.6) is 0 Å². The number of carbonyl (C=O) groups is 1. The number of aliphatic hydroxyl groups is 1. The van der Waals surface area contributed by atoms with Crippen molar-refractivity contribution in [3.05, 3.63) is 46.0 Å². The fourth-order valence-corrected chi connectivity index (χ4v) is 3.68. The Hall–Kier alpha value is -2.94. The molecule has 1 amide bonds. The minimum atomic E-state index is -1.28. The van der Waals surface area contributed by atoms with E-state index in [1.54, 1.807) is 4.90 Å². The molecule has 3 N–H and O–H groups in total. The molecule has 1 aliphatic heterocycles. The van der Waals surface area contributed by atoms with E-state index in [9.17, 15) is 14.7 Å². The molecule has 3 aromatic rings. The van der Waals surface area contributed by atoms with Crippen LogP contribution in [0.1, 0.15) is 56.3 Å². The lowest BCUT2D eigenvalue weighted by Gasteiger charge is -2.19. The quantitative estimate of drug-likeness (QED) is 0.580. The molecule has 1 aliphatic rings. The Kier molecular flexibility index (Phi) is 4.99. The molecule has 1 aromatic carbocycles. The van der Waals surface area contributed by atoms with Crippen LogP contribution in [0, 0.1) is 0 Å². The lowest BCUT2D eigenvalue weighted by molar-refractivity contribution is -0.131. The summed E-state index contributed by atoms with van der Waals surface area (Å²) in [5, 5.41) is 14.8. The van der Waals surface area contributed by atoms with Gasteiger partial charge in [-0.1, -0.05) is 25.1 Å². The molecule has 0 radical (unpaired) electrons. The highest BCUT2D eigenvalue weighted by atomic mass is 16.5. The van der Waals surface area contributed by atoms with Gasteiger partial charge in [0, 0.05) is 25.3 Å². The van der Waals surface area contributed by atoms with Gasteiger partial charge in [0.05, 0.1) is 17.6 Å². The molecular weight excluding hydrogens is 374 g/mol. The van der Waals surface area contributed by atoms with Gasteiger partial charge in [0.25, 0.3) is 5.89 Å². The molecule has 0 saturated carbocycles. The van der Waals surface area contributed by atoms with Crippen molar-refractivity contribution in [1.29, 1.82) is 0 Å². The van der Waals surface area contributed by atoms with E-state index in [0.29, 0.717) is 31.6 Å². The fraction of sp³-hybridized carbons (Fsp3) is 0.500. The van der Waals surface area contributed by atoms with E-state index < -0.39 is 5.60 Å². The van der Waals surface area contributed by atoms with Crippen LogP contribution in [0.4, 0.5) is 0 Å². The Balaban J connectivity index is 1.32. The largest absolute Gasteiger partial charge is 0.378 e. The third-order valence-corrected chi connectivity index (χ3v) is 5.39. The van der Waals surface area contributed by atoms with E-state index in [1.807, 2.05) is 32.0 Å². The highest BCUT2D eigenvalue weighted by Gasteiger charge is 2.44. The second-order valence-corrected chi connectivity index (χ2v) is 8.02. The first-order chi connectivity index (χ1) is 13.8. The zero-order chi connectivity index (χ0) is 20.6. The Morgan fingerprint density at radius 1 is 1.34 bits per heavy atom. The number of H-pyrrole nitrogens is 2. The van der Waals surface area contributed by atoms with Gasteiger partial charge in [-0.3, -0.25) is 4.79 Å². The van der Waals surface area contributed by atoms with Crippen LogP contribution in [0.3, 0.4) is 0 Å². The number of carbonyl (C=O) groups excluding carboxylic acids is 1. The zero-order valence-electron chi connectivity index (χ0n) is 16.6. The Labute approximate surface area is 167 Å². The number of imidazole rings is 1. The van der Waals surface area contributed by atoms with Crippen LogP contribution in [0.25, 0.3) is 11.0 Å². The molecule has 1 unspecified atom stereocenters. The van der Waals surface area contributed by atoms with Crippen LogP contribution < -0.4 is 5.69 Å². The maximum atomic E-state index is 12.6. The Morgan fingerprint density at radius 2 is 2.14 bits per heavy atom. The van der Waals surface area contributed by atoms with E-state index >= 15 is 0 Å². The molecule has 0 spiro atoms. The van der Waals surface area contributed by atoms with Crippen molar-refractivity contribution in [2.45, 2.75) is 51.0 Å². The van der Waals surface area contributed by atoms with E-state index in [0.717, 1.165) is 23.0 Å². The molecular formula is C20H25N5O4. The van der Waals surface area contributed by atoms with Crippen LogP contribution in [-0.4, -0.2) is 49.1 Å². The van der Waals surface area contributed by atoms with Crippen LogP contribution >= 0.6 is 0 Å². The van der Waals surface area contributed by atoms with Gasteiger partial charge in [-0.25, -0.2) is 4.79 Å². The van der Waals surface area contributed by atoms with Gasteiger partial charge in [-0.15, -0.1) is 0 Å². The summed E-state index contributed by atoms with van der Waals surface area (Å²) in [4.78, 5) is 35.3. The van der Waals surface area contributed by atoms with Crippen molar-refractivity contribution in [3.63, 3.8) is 0 Å². The summed E-state index contributed by atoms with van der Waals surface area (Å²) in [6, 6.07) is 5.74. The molecule has 1 atom stereocenters. The Morgan fingerprint density at radius 3 is 2.90 bits per heavy atom. The minimum Gasteiger partial charge on any atom is -0.378 e. The second kappa shape index (κ2) is 7.47. The van der Waals surface area contributed by atoms with Crippen molar-refractivity contribution < 1.29 is 14.4 Å². The first-order valence-corrected chi connectivity index (χ1v) is 9.89. The number of nitrogens with one attached hydrogen (secondary N) is 2. The highest BCUT2D eigenvalue weighted by molar-refractivity contribution is 5.77. The third-order valence-electron chi connectivity index (χ3n) is 5.39. The van der Waals surface area contributed by atoms with E-state index in [-0.39, 0.29) is 30.0 Å². The number of amides is 1. The molecule has 3 heterocycles. The Bertz CT molecular complexity index is 1080. The first-order valence-electron chi connectivity index (χ1n) is 9.89. The average molecular weight is 399 g/mol. The van der Waals surface area contributed by atoms with E-state index in [4.69, 9.17) is 4.52 Å².